The third kappa shape index (κ3) is 4.09. The maximum atomic E-state index is 13.1. The lowest BCUT2D eigenvalue weighted by atomic mass is 9.89. The number of aryl methyl sites for hydroxylation is 1. The molecular weight excluding hydrogens is 326 g/mol. The molecule has 0 bridgehead atoms. The van der Waals surface area contributed by atoms with Gasteiger partial charge in [0.15, 0.2) is 0 Å². The molecule has 0 aliphatic carbocycles. The highest BCUT2D eigenvalue weighted by Gasteiger charge is 2.36. The Morgan fingerprint density at radius 3 is 2.58 bits per heavy atom. The topological polar surface area (TPSA) is 66.6 Å². The molecule has 3 unspecified atom stereocenters. The molecule has 0 aromatic heterocycles. The zero-order valence-electron chi connectivity index (χ0n) is 16.0. The van der Waals surface area contributed by atoms with Crippen LogP contribution in [0.15, 0.2) is 24.3 Å². The van der Waals surface area contributed by atoms with Gasteiger partial charge in [-0.25, -0.2) is 0 Å². The Morgan fingerprint density at radius 1 is 1.15 bits per heavy atom. The number of carbonyl (C=O) groups is 2. The number of carbonyl (C=O) groups excluding carboxylic acids is 2. The highest BCUT2D eigenvalue weighted by Crippen LogP contribution is 2.27. The minimum atomic E-state index is -0.0967. The van der Waals surface area contributed by atoms with E-state index >= 15 is 0 Å². The predicted molar refractivity (Wildman–Crippen MR) is 103 cm³/mol. The molecule has 1 aromatic rings. The van der Waals surface area contributed by atoms with Crippen LogP contribution in [-0.4, -0.2) is 53.8 Å². The Balaban J connectivity index is 1.66. The van der Waals surface area contributed by atoms with Gasteiger partial charge in [-0.3, -0.25) is 9.59 Å². The van der Waals surface area contributed by atoms with Crippen LogP contribution in [0.5, 0.6) is 0 Å². The summed E-state index contributed by atoms with van der Waals surface area (Å²) in [5, 5.41) is 0. The summed E-state index contributed by atoms with van der Waals surface area (Å²) in [6.45, 7) is 6.81. The molecule has 2 aliphatic heterocycles. The van der Waals surface area contributed by atoms with E-state index in [9.17, 15) is 9.59 Å². The van der Waals surface area contributed by atoms with E-state index in [1.165, 1.54) is 0 Å². The number of likely N-dealkylation sites (tertiary alicyclic amines) is 2. The quantitative estimate of drug-likeness (QED) is 0.903. The predicted octanol–water partition coefficient (Wildman–Crippen LogP) is 2.43. The van der Waals surface area contributed by atoms with Crippen LogP contribution in [0.25, 0.3) is 0 Å². The van der Waals surface area contributed by atoms with Crippen molar-refractivity contribution in [2.75, 3.05) is 26.2 Å². The van der Waals surface area contributed by atoms with Crippen LogP contribution in [0, 0.1) is 18.8 Å². The van der Waals surface area contributed by atoms with Crippen molar-refractivity contribution in [1.82, 2.24) is 9.80 Å². The first-order valence-electron chi connectivity index (χ1n) is 9.86. The third-order valence-electron chi connectivity index (χ3n) is 5.89. The van der Waals surface area contributed by atoms with Gasteiger partial charge in [-0.2, -0.15) is 0 Å². The van der Waals surface area contributed by atoms with Crippen LogP contribution < -0.4 is 5.73 Å². The van der Waals surface area contributed by atoms with Gasteiger partial charge in [-0.1, -0.05) is 24.6 Å². The fraction of sp³-hybridized carbons (Fsp3) is 0.619. The molecule has 5 nitrogen and oxygen atoms in total. The van der Waals surface area contributed by atoms with E-state index in [4.69, 9.17) is 5.73 Å². The van der Waals surface area contributed by atoms with E-state index in [2.05, 4.69) is 6.92 Å². The fourth-order valence-corrected chi connectivity index (χ4v) is 4.24. The van der Waals surface area contributed by atoms with Crippen molar-refractivity contribution in [3.63, 3.8) is 0 Å². The van der Waals surface area contributed by atoms with Crippen molar-refractivity contribution in [1.29, 1.82) is 0 Å². The highest BCUT2D eigenvalue weighted by atomic mass is 16.2. The zero-order valence-corrected chi connectivity index (χ0v) is 16.0. The van der Waals surface area contributed by atoms with Gasteiger partial charge in [0.05, 0.1) is 5.92 Å². The van der Waals surface area contributed by atoms with Gasteiger partial charge < -0.3 is 15.5 Å². The molecule has 0 saturated carbocycles. The van der Waals surface area contributed by atoms with Gasteiger partial charge >= 0.3 is 0 Å². The molecule has 0 spiro atoms. The monoisotopic (exact) mass is 357 g/mol. The Kier molecular flexibility index (Phi) is 5.97. The van der Waals surface area contributed by atoms with Crippen LogP contribution >= 0.6 is 0 Å². The summed E-state index contributed by atoms with van der Waals surface area (Å²) < 4.78 is 0. The summed E-state index contributed by atoms with van der Waals surface area (Å²) in [6.07, 6.45) is 3.77. The summed E-state index contributed by atoms with van der Waals surface area (Å²) >= 11 is 0. The van der Waals surface area contributed by atoms with Crippen LogP contribution in [0.1, 0.15) is 48.5 Å². The Hall–Kier alpha value is -1.88. The standard InChI is InChI=1S/C21H31N3O2/c1-15-5-7-17(8-6-15)20(25)23-10-3-4-18(14-23)21(26)24-11-9-16(2)12-19(24)13-22/h5-8,16,18-19H,3-4,9-14,22H2,1-2H3. The SMILES string of the molecule is Cc1ccc(C(=O)N2CCCC(C(=O)N3CCC(C)CC3CN)C2)cc1. The molecule has 3 atom stereocenters. The summed E-state index contributed by atoms with van der Waals surface area (Å²) in [4.78, 5) is 29.7. The molecule has 2 N–H and O–H groups in total. The minimum Gasteiger partial charge on any atom is -0.338 e. The van der Waals surface area contributed by atoms with Crippen molar-refractivity contribution < 1.29 is 9.59 Å². The molecule has 26 heavy (non-hydrogen) atoms. The van der Waals surface area contributed by atoms with Crippen molar-refractivity contribution in [2.24, 2.45) is 17.6 Å². The number of piperidine rings is 2. The van der Waals surface area contributed by atoms with Crippen molar-refractivity contribution in [3.8, 4) is 0 Å². The van der Waals surface area contributed by atoms with E-state index in [0.717, 1.165) is 44.3 Å². The number of amides is 2. The summed E-state index contributed by atoms with van der Waals surface area (Å²) in [5.74, 6) is 0.748. The molecule has 2 heterocycles. The van der Waals surface area contributed by atoms with Crippen LogP contribution in [0.2, 0.25) is 0 Å². The highest BCUT2D eigenvalue weighted by molar-refractivity contribution is 5.94. The molecule has 2 amide bonds. The average Bonchev–Trinajstić information content (AvgIpc) is 2.67. The lowest BCUT2D eigenvalue weighted by Gasteiger charge is -2.41. The third-order valence-corrected chi connectivity index (χ3v) is 5.89. The van der Waals surface area contributed by atoms with Gasteiger partial charge in [-0.15, -0.1) is 0 Å². The second-order valence-corrected chi connectivity index (χ2v) is 8.01. The second-order valence-electron chi connectivity index (χ2n) is 8.01. The number of benzene rings is 1. The molecule has 142 valence electrons. The first-order chi connectivity index (χ1) is 12.5. The normalized spacial score (nSPS) is 26.7. The minimum absolute atomic E-state index is 0.0325. The summed E-state index contributed by atoms with van der Waals surface area (Å²) in [7, 11) is 0. The molecule has 1 aromatic carbocycles. The maximum Gasteiger partial charge on any atom is 0.253 e. The first kappa shape index (κ1) is 18.9. The molecule has 3 rings (SSSR count). The van der Waals surface area contributed by atoms with Crippen molar-refractivity contribution in [2.45, 2.75) is 45.6 Å². The number of rotatable bonds is 3. The Bertz CT molecular complexity index is 643. The number of nitrogens with two attached hydrogens (primary N) is 1. The molecule has 5 heteroatoms. The smallest absolute Gasteiger partial charge is 0.253 e. The zero-order chi connectivity index (χ0) is 18.7. The maximum absolute atomic E-state index is 13.1. The lowest BCUT2D eigenvalue weighted by Crippen LogP contribution is -2.54. The number of hydrogen-bond donors (Lipinski definition) is 1. The fourth-order valence-electron chi connectivity index (χ4n) is 4.24. The van der Waals surface area contributed by atoms with E-state index in [0.29, 0.717) is 24.6 Å². The molecular formula is C21H31N3O2. The lowest BCUT2D eigenvalue weighted by molar-refractivity contribution is -0.141. The van der Waals surface area contributed by atoms with Gasteiger partial charge in [0.2, 0.25) is 5.91 Å². The van der Waals surface area contributed by atoms with Crippen LogP contribution in [-0.2, 0) is 4.79 Å². The summed E-state index contributed by atoms with van der Waals surface area (Å²) in [5.41, 5.74) is 7.77. The number of hydrogen-bond acceptors (Lipinski definition) is 3. The Labute approximate surface area is 156 Å². The van der Waals surface area contributed by atoms with Gasteiger partial charge in [0.1, 0.15) is 0 Å². The van der Waals surface area contributed by atoms with Gasteiger partial charge in [0, 0.05) is 37.8 Å². The molecule has 2 aliphatic rings. The van der Waals surface area contributed by atoms with Crippen LogP contribution in [0.4, 0.5) is 0 Å². The number of nitrogens with zero attached hydrogens (tertiary/aromatic N) is 2. The van der Waals surface area contributed by atoms with Gasteiger partial charge in [0.25, 0.3) is 5.91 Å². The average molecular weight is 357 g/mol. The first-order valence-corrected chi connectivity index (χ1v) is 9.86. The van der Waals surface area contributed by atoms with Crippen LogP contribution in [0.3, 0.4) is 0 Å². The van der Waals surface area contributed by atoms with Crippen molar-refractivity contribution in [3.05, 3.63) is 35.4 Å². The Morgan fingerprint density at radius 2 is 1.88 bits per heavy atom. The largest absolute Gasteiger partial charge is 0.338 e. The molecule has 2 fully saturated rings. The molecule has 0 radical (unpaired) electrons. The van der Waals surface area contributed by atoms with Gasteiger partial charge in [-0.05, 0) is 50.7 Å². The second kappa shape index (κ2) is 8.21. The summed E-state index contributed by atoms with van der Waals surface area (Å²) in [6, 6.07) is 7.81. The van der Waals surface area contributed by atoms with E-state index in [1.54, 1.807) is 0 Å². The van der Waals surface area contributed by atoms with Crippen molar-refractivity contribution >= 4 is 11.8 Å². The van der Waals surface area contributed by atoms with E-state index < -0.39 is 0 Å². The van der Waals surface area contributed by atoms with E-state index in [1.807, 2.05) is 41.0 Å². The molecule has 2 saturated heterocycles. The van der Waals surface area contributed by atoms with E-state index in [-0.39, 0.29) is 23.8 Å².